The van der Waals surface area contributed by atoms with Gasteiger partial charge in [-0.2, -0.15) is 0 Å². The molecule has 0 aromatic rings. The van der Waals surface area contributed by atoms with Crippen molar-refractivity contribution in [3.63, 3.8) is 0 Å². The van der Waals surface area contributed by atoms with Crippen LogP contribution in [0.4, 0.5) is 0 Å². The highest BCUT2D eigenvalue weighted by atomic mass is 16.4. The highest BCUT2D eigenvalue weighted by Gasteiger charge is 2.31. The van der Waals surface area contributed by atoms with Crippen LogP contribution in [0, 0.1) is 17.8 Å². The molecule has 3 N–H and O–H groups in total. The van der Waals surface area contributed by atoms with Gasteiger partial charge in [0.2, 0.25) is 0 Å². The Morgan fingerprint density at radius 1 is 0.500 bits per heavy atom. The SMILES string of the molecule is CCCCCCCCCCCCC/C=C/CCCCC[N+](CCC(C)C(=O)O)(CCC(C)C(=O)O)CCC(C)C(=O)O. The Bertz CT molecular complexity index is 677. The molecule has 42 heavy (non-hydrogen) atoms. The van der Waals surface area contributed by atoms with Crippen LogP contribution >= 0.6 is 0 Å². The summed E-state index contributed by atoms with van der Waals surface area (Å²) in [5.74, 6) is -3.94. The molecule has 0 heterocycles. The number of allylic oxidation sites excluding steroid dienone is 2. The predicted octanol–water partition coefficient (Wildman–Crippen LogP) is 8.95. The zero-order valence-electron chi connectivity index (χ0n) is 27.7. The highest BCUT2D eigenvalue weighted by molar-refractivity contribution is 5.70. The zero-order valence-corrected chi connectivity index (χ0v) is 27.7. The van der Waals surface area contributed by atoms with E-state index in [0.29, 0.717) is 43.4 Å². The molecule has 7 nitrogen and oxygen atoms in total. The van der Waals surface area contributed by atoms with E-state index < -0.39 is 35.7 Å². The number of nitrogens with zero attached hydrogens (tertiary/aromatic N) is 1. The van der Waals surface area contributed by atoms with E-state index in [1.807, 2.05) is 0 Å². The number of quaternary nitrogens is 1. The predicted molar refractivity (Wildman–Crippen MR) is 173 cm³/mol. The third-order valence-electron chi connectivity index (χ3n) is 9.02. The molecule has 7 heteroatoms. The van der Waals surface area contributed by atoms with Crippen LogP contribution in [0.2, 0.25) is 0 Å². The van der Waals surface area contributed by atoms with Crippen molar-refractivity contribution in [3.05, 3.63) is 12.2 Å². The lowest BCUT2D eigenvalue weighted by molar-refractivity contribution is -0.929. The van der Waals surface area contributed by atoms with Gasteiger partial charge >= 0.3 is 17.9 Å². The van der Waals surface area contributed by atoms with Crippen molar-refractivity contribution < 1.29 is 34.2 Å². The maximum absolute atomic E-state index is 11.5. The van der Waals surface area contributed by atoms with Crippen LogP contribution in [0.15, 0.2) is 12.2 Å². The first-order chi connectivity index (χ1) is 20.0. The minimum Gasteiger partial charge on any atom is -0.481 e. The van der Waals surface area contributed by atoms with Crippen LogP contribution in [-0.4, -0.2) is 63.9 Å². The molecule has 0 bridgehead atoms. The van der Waals surface area contributed by atoms with Gasteiger partial charge in [0, 0.05) is 19.3 Å². The van der Waals surface area contributed by atoms with Crippen LogP contribution in [0.1, 0.15) is 150 Å². The fourth-order valence-electron chi connectivity index (χ4n) is 5.49. The zero-order chi connectivity index (χ0) is 31.6. The van der Waals surface area contributed by atoms with Crippen molar-refractivity contribution >= 4 is 17.9 Å². The number of hydrogen-bond donors (Lipinski definition) is 3. The molecule has 0 radical (unpaired) electrons. The molecule has 0 spiro atoms. The summed E-state index contributed by atoms with van der Waals surface area (Å²) in [5.41, 5.74) is 0. The lowest BCUT2D eigenvalue weighted by Crippen LogP contribution is -2.52. The van der Waals surface area contributed by atoms with Crippen LogP contribution < -0.4 is 0 Å². The maximum Gasteiger partial charge on any atom is 0.306 e. The molecule has 0 aliphatic carbocycles. The Balaban J connectivity index is 4.57. The van der Waals surface area contributed by atoms with Gasteiger partial charge < -0.3 is 19.8 Å². The summed E-state index contributed by atoms with van der Waals surface area (Å²) in [6, 6.07) is 0. The Kier molecular flexibility index (Phi) is 24.4. The van der Waals surface area contributed by atoms with Gasteiger partial charge in [-0.15, -0.1) is 0 Å². The van der Waals surface area contributed by atoms with Crippen molar-refractivity contribution in [2.45, 2.75) is 150 Å². The van der Waals surface area contributed by atoms with E-state index in [0.717, 1.165) is 38.6 Å². The molecule has 0 saturated heterocycles. The minimum atomic E-state index is -0.828. The molecule has 0 aromatic heterocycles. The number of carboxylic acids is 3. The van der Waals surface area contributed by atoms with Crippen LogP contribution in [-0.2, 0) is 14.4 Å². The molecule has 0 rings (SSSR count). The Labute approximate surface area is 257 Å². The van der Waals surface area contributed by atoms with Gasteiger partial charge in [-0.25, -0.2) is 0 Å². The second-order valence-electron chi connectivity index (χ2n) is 13.0. The molecule has 3 unspecified atom stereocenters. The lowest BCUT2D eigenvalue weighted by Gasteiger charge is -2.40. The molecule has 0 amide bonds. The monoisotopic (exact) mass is 596 g/mol. The minimum absolute atomic E-state index is 0.484. The van der Waals surface area contributed by atoms with Gasteiger partial charge in [0.1, 0.15) is 0 Å². The summed E-state index contributed by atoms with van der Waals surface area (Å²) in [6.45, 7) is 10.1. The number of carbonyl (C=O) groups is 3. The van der Waals surface area contributed by atoms with Crippen LogP contribution in [0.5, 0.6) is 0 Å². The van der Waals surface area contributed by atoms with E-state index in [9.17, 15) is 29.7 Å². The van der Waals surface area contributed by atoms with Gasteiger partial charge in [0.25, 0.3) is 0 Å². The highest BCUT2D eigenvalue weighted by Crippen LogP contribution is 2.22. The smallest absolute Gasteiger partial charge is 0.306 e. The van der Waals surface area contributed by atoms with Crippen LogP contribution in [0.3, 0.4) is 0 Å². The van der Waals surface area contributed by atoms with E-state index in [1.54, 1.807) is 20.8 Å². The summed E-state index contributed by atoms with van der Waals surface area (Å²) in [6.07, 6.45) is 26.5. The molecular formula is C35H66NO6+. The van der Waals surface area contributed by atoms with Gasteiger partial charge in [-0.05, 0) is 38.5 Å². The summed E-state index contributed by atoms with van der Waals surface area (Å²) in [7, 11) is 0. The first-order valence-electron chi connectivity index (χ1n) is 17.2. The van der Waals surface area contributed by atoms with Gasteiger partial charge in [0.15, 0.2) is 0 Å². The average Bonchev–Trinajstić information content (AvgIpc) is 2.96. The van der Waals surface area contributed by atoms with Crippen molar-refractivity contribution in [1.82, 2.24) is 0 Å². The van der Waals surface area contributed by atoms with E-state index in [1.165, 1.54) is 70.6 Å². The van der Waals surface area contributed by atoms with E-state index in [-0.39, 0.29) is 0 Å². The van der Waals surface area contributed by atoms with Gasteiger partial charge in [-0.1, -0.05) is 104 Å². The molecule has 0 aromatic carbocycles. The molecular weight excluding hydrogens is 530 g/mol. The number of aliphatic carboxylic acids is 3. The molecule has 246 valence electrons. The van der Waals surface area contributed by atoms with E-state index in [4.69, 9.17) is 0 Å². The molecule has 0 fully saturated rings. The first-order valence-corrected chi connectivity index (χ1v) is 17.2. The molecule has 0 saturated carbocycles. The second kappa shape index (κ2) is 25.6. The van der Waals surface area contributed by atoms with E-state index >= 15 is 0 Å². The summed E-state index contributed by atoms with van der Waals surface area (Å²) in [4.78, 5) is 34.5. The number of unbranched alkanes of at least 4 members (excludes halogenated alkanes) is 14. The lowest BCUT2D eigenvalue weighted by atomic mass is 10.0. The second-order valence-corrected chi connectivity index (χ2v) is 13.0. The quantitative estimate of drug-likeness (QED) is 0.0433. The molecule has 3 atom stereocenters. The van der Waals surface area contributed by atoms with Crippen LogP contribution in [0.25, 0.3) is 0 Å². The normalized spacial score (nSPS) is 15.3. The van der Waals surface area contributed by atoms with Crippen molar-refractivity contribution in [2.75, 3.05) is 26.2 Å². The van der Waals surface area contributed by atoms with Gasteiger partial charge in [0.05, 0.1) is 43.9 Å². The third-order valence-corrected chi connectivity index (χ3v) is 9.02. The molecule has 0 aliphatic heterocycles. The molecule has 0 aliphatic rings. The fourth-order valence-corrected chi connectivity index (χ4v) is 5.49. The Morgan fingerprint density at radius 2 is 0.810 bits per heavy atom. The largest absolute Gasteiger partial charge is 0.481 e. The first kappa shape index (κ1) is 40.1. The summed E-state index contributed by atoms with van der Waals surface area (Å²) in [5, 5.41) is 28.3. The van der Waals surface area contributed by atoms with E-state index in [2.05, 4.69) is 19.1 Å². The maximum atomic E-state index is 11.5. The topological polar surface area (TPSA) is 112 Å². The number of hydrogen-bond acceptors (Lipinski definition) is 3. The number of carboxylic acid groups (broad SMARTS) is 3. The fraction of sp³-hybridized carbons (Fsp3) is 0.857. The summed E-state index contributed by atoms with van der Waals surface area (Å²) < 4.78 is 0.599. The standard InChI is InChI=1S/C35H65NO6/c1-5-6-7-8-9-10-11-12-13-14-15-16-17-18-19-20-21-22-26-36(27-23-30(2)33(37)38,28-24-31(3)34(39)40)29-25-32(4)35(41)42/h17-18,30-32H,5-16,19-29H2,1-4H3,(H2-,37,38,39,40,41,42)/p+1/b18-17+. The number of rotatable bonds is 30. The van der Waals surface area contributed by atoms with Gasteiger partial charge in [-0.3, -0.25) is 14.4 Å². The van der Waals surface area contributed by atoms with Crippen molar-refractivity contribution in [3.8, 4) is 0 Å². The van der Waals surface area contributed by atoms with Crippen molar-refractivity contribution in [1.29, 1.82) is 0 Å². The Morgan fingerprint density at radius 3 is 1.14 bits per heavy atom. The summed E-state index contributed by atoms with van der Waals surface area (Å²) >= 11 is 0. The Hall–Kier alpha value is -1.89. The third kappa shape index (κ3) is 21.8. The average molecular weight is 597 g/mol. The van der Waals surface area contributed by atoms with Crippen molar-refractivity contribution in [2.24, 2.45) is 17.8 Å².